The average Bonchev–Trinajstić information content (AvgIpc) is 2.54. The van der Waals surface area contributed by atoms with E-state index < -0.39 is 0 Å². The van der Waals surface area contributed by atoms with E-state index in [1.807, 2.05) is 0 Å². The van der Waals surface area contributed by atoms with E-state index in [2.05, 4.69) is 53.0 Å². The largest absolute Gasteiger partial charge is 0.469 e. The van der Waals surface area contributed by atoms with Gasteiger partial charge in [0.05, 0.1) is 7.11 Å². The minimum atomic E-state index is -0.128. The lowest BCUT2D eigenvalue weighted by Gasteiger charge is -2.30. The molecule has 6 nitrogen and oxygen atoms in total. The van der Waals surface area contributed by atoms with Gasteiger partial charge in [0.2, 0.25) is 0 Å². The Morgan fingerprint density at radius 2 is 1.56 bits per heavy atom. The van der Waals surface area contributed by atoms with E-state index >= 15 is 0 Å². The molecule has 0 unspecified atom stereocenters. The standard InChI is InChI=1S/C18H38N4O2.HI/c1-15(2)22(16(3)4)14-10-13-21-18(19-5)20-12-9-7-8-11-17(23)24-6;/h15-16H,7-14H2,1-6H3,(H2,19,20,21);1H. The number of halogens is 1. The third-order valence-electron chi connectivity index (χ3n) is 4.01. The van der Waals surface area contributed by atoms with Gasteiger partial charge in [0, 0.05) is 45.2 Å². The molecule has 2 N–H and O–H groups in total. The van der Waals surface area contributed by atoms with Crippen molar-refractivity contribution in [3.05, 3.63) is 0 Å². The van der Waals surface area contributed by atoms with Crippen molar-refractivity contribution in [1.29, 1.82) is 0 Å². The minimum Gasteiger partial charge on any atom is -0.469 e. The van der Waals surface area contributed by atoms with E-state index in [1.165, 1.54) is 7.11 Å². The molecule has 7 heteroatoms. The smallest absolute Gasteiger partial charge is 0.305 e. The van der Waals surface area contributed by atoms with Gasteiger partial charge in [-0.05, 0) is 47.0 Å². The third kappa shape index (κ3) is 14.3. The van der Waals surface area contributed by atoms with Gasteiger partial charge in [-0.15, -0.1) is 24.0 Å². The maximum atomic E-state index is 11.0. The van der Waals surface area contributed by atoms with Crippen molar-refractivity contribution in [3.8, 4) is 0 Å². The second-order valence-corrected chi connectivity index (χ2v) is 6.59. The Kier molecular flexibility index (Phi) is 18.0. The molecule has 0 aliphatic rings. The summed E-state index contributed by atoms with van der Waals surface area (Å²) in [4.78, 5) is 17.7. The number of nitrogens with one attached hydrogen (secondary N) is 2. The van der Waals surface area contributed by atoms with Crippen molar-refractivity contribution < 1.29 is 9.53 Å². The van der Waals surface area contributed by atoms with Crippen LogP contribution in [0.25, 0.3) is 0 Å². The van der Waals surface area contributed by atoms with Crippen LogP contribution in [0.3, 0.4) is 0 Å². The highest BCUT2D eigenvalue weighted by Gasteiger charge is 2.12. The summed E-state index contributed by atoms with van der Waals surface area (Å²) >= 11 is 0. The van der Waals surface area contributed by atoms with Gasteiger partial charge >= 0.3 is 5.97 Å². The van der Waals surface area contributed by atoms with Crippen LogP contribution in [0.4, 0.5) is 0 Å². The molecule has 150 valence electrons. The first-order valence-corrected chi connectivity index (χ1v) is 9.19. The second kappa shape index (κ2) is 16.9. The first-order chi connectivity index (χ1) is 11.4. The van der Waals surface area contributed by atoms with Crippen molar-refractivity contribution in [3.63, 3.8) is 0 Å². The van der Waals surface area contributed by atoms with Gasteiger partial charge in [-0.25, -0.2) is 0 Å². The number of methoxy groups -OCH3 is 1. The van der Waals surface area contributed by atoms with E-state index in [0.29, 0.717) is 18.5 Å². The van der Waals surface area contributed by atoms with E-state index in [4.69, 9.17) is 0 Å². The number of guanidine groups is 1. The third-order valence-corrected chi connectivity index (χ3v) is 4.01. The molecule has 0 rings (SSSR count). The molecule has 0 aliphatic heterocycles. The van der Waals surface area contributed by atoms with Crippen molar-refractivity contribution >= 4 is 35.9 Å². The molecule has 0 fully saturated rings. The number of aliphatic imine (C=N–C) groups is 1. The first-order valence-electron chi connectivity index (χ1n) is 9.19. The Bertz CT molecular complexity index is 355. The Labute approximate surface area is 171 Å². The summed E-state index contributed by atoms with van der Waals surface area (Å²) in [7, 11) is 3.22. The Hall–Kier alpha value is -0.570. The maximum absolute atomic E-state index is 11.0. The van der Waals surface area contributed by atoms with E-state index in [0.717, 1.165) is 51.3 Å². The van der Waals surface area contributed by atoms with Gasteiger partial charge < -0.3 is 15.4 Å². The molecular weight excluding hydrogens is 431 g/mol. The lowest BCUT2D eigenvalue weighted by Crippen LogP contribution is -2.41. The number of hydrogen-bond acceptors (Lipinski definition) is 4. The van der Waals surface area contributed by atoms with Crippen molar-refractivity contribution in [2.45, 2.75) is 71.9 Å². The fourth-order valence-corrected chi connectivity index (χ4v) is 2.68. The zero-order valence-electron chi connectivity index (χ0n) is 16.9. The monoisotopic (exact) mass is 470 g/mol. The van der Waals surface area contributed by atoms with Crippen LogP contribution in [0.1, 0.15) is 59.8 Å². The fraction of sp³-hybridized carbons (Fsp3) is 0.889. The van der Waals surface area contributed by atoms with Crippen molar-refractivity contribution in [2.24, 2.45) is 4.99 Å². The summed E-state index contributed by atoms with van der Waals surface area (Å²) < 4.78 is 4.63. The van der Waals surface area contributed by atoms with Crippen LogP contribution in [0.2, 0.25) is 0 Å². The van der Waals surface area contributed by atoms with Gasteiger partial charge in [0.15, 0.2) is 5.96 Å². The lowest BCUT2D eigenvalue weighted by molar-refractivity contribution is -0.140. The number of rotatable bonds is 12. The topological polar surface area (TPSA) is 66.0 Å². The number of unbranched alkanes of at least 4 members (excludes halogenated alkanes) is 2. The highest BCUT2D eigenvalue weighted by molar-refractivity contribution is 14.0. The van der Waals surface area contributed by atoms with Gasteiger partial charge in [-0.2, -0.15) is 0 Å². The molecule has 0 saturated heterocycles. The number of esters is 1. The normalized spacial score (nSPS) is 11.6. The number of ether oxygens (including phenoxy) is 1. The molecule has 0 bridgehead atoms. The van der Waals surface area contributed by atoms with Crippen LogP contribution in [-0.4, -0.2) is 62.7 Å². The predicted octanol–water partition coefficient (Wildman–Crippen LogP) is 3.01. The van der Waals surface area contributed by atoms with Crippen LogP contribution in [0, 0.1) is 0 Å². The number of carbonyl (C=O) groups excluding carboxylic acids is 1. The summed E-state index contributed by atoms with van der Waals surface area (Å²) in [6.45, 7) is 11.8. The van der Waals surface area contributed by atoms with Crippen molar-refractivity contribution in [2.75, 3.05) is 33.8 Å². The first kappa shape index (κ1) is 26.7. The van der Waals surface area contributed by atoms with Crippen LogP contribution >= 0.6 is 24.0 Å². The molecule has 0 aromatic rings. The van der Waals surface area contributed by atoms with Crippen molar-refractivity contribution in [1.82, 2.24) is 15.5 Å². The van der Waals surface area contributed by atoms with E-state index in [-0.39, 0.29) is 29.9 Å². The van der Waals surface area contributed by atoms with E-state index in [1.54, 1.807) is 7.05 Å². The number of carbonyl (C=O) groups is 1. The van der Waals surface area contributed by atoms with Gasteiger partial charge in [-0.3, -0.25) is 14.7 Å². The van der Waals surface area contributed by atoms with Crippen LogP contribution in [-0.2, 0) is 9.53 Å². The van der Waals surface area contributed by atoms with Gasteiger partial charge in [0.1, 0.15) is 0 Å². The predicted molar refractivity (Wildman–Crippen MR) is 117 cm³/mol. The Balaban J connectivity index is 0. The van der Waals surface area contributed by atoms with Crippen LogP contribution in [0.5, 0.6) is 0 Å². The quantitative estimate of drug-likeness (QED) is 0.151. The van der Waals surface area contributed by atoms with Gasteiger partial charge in [-0.1, -0.05) is 6.42 Å². The van der Waals surface area contributed by atoms with Gasteiger partial charge in [0.25, 0.3) is 0 Å². The molecule has 0 atom stereocenters. The van der Waals surface area contributed by atoms with Crippen LogP contribution < -0.4 is 10.6 Å². The molecular formula is C18H39IN4O2. The fourth-order valence-electron chi connectivity index (χ4n) is 2.68. The molecule has 0 saturated carbocycles. The summed E-state index contributed by atoms with van der Waals surface area (Å²) in [5.74, 6) is 0.723. The zero-order chi connectivity index (χ0) is 18.4. The molecule has 0 aromatic carbocycles. The lowest BCUT2D eigenvalue weighted by atomic mass is 10.2. The van der Waals surface area contributed by atoms with E-state index in [9.17, 15) is 4.79 Å². The van der Waals surface area contributed by atoms with Crippen LogP contribution in [0.15, 0.2) is 4.99 Å². The second-order valence-electron chi connectivity index (χ2n) is 6.59. The maximum Gasteiger partial charge on any atom is 0.305 e. The summed E-state index contributed by atoms with van der Waals surface area (Å²) in [5.41, 5.74) is 0. The molecule has 25 heavy (non-hydrogen) atoms. The molecule has 0 heterocycles. The average molecular weight is 470 g/mol. The summed E-state index contributed by atoms with van der Waals surface area (Å²) in [5, 5.41) is 6.67. The number of nitrogens with zero attached hydrogens (tertiary/aromatic N) is 2. The molecule has 0 spiro atoms. The molecule has 0 aliphatic carbocycles. The Morgan fingerprint density at radius 3 is 2.04 bits per heavy atom. The molecule has 0 aromatic heterocycles. The SMILES string of the molecule is CN=C(NCCCCCC(=O)OC)NCCCN(C(C)C)C(C)C.I. The molecule has 0 amide bonds. The molecule has 0 radical (unpaired) electrons. The Morgan fingerprint density at radius 1 is 1.00 bits per heavy atom. The summed E-state index contributed by atoms with van der Waals surface area (Å²) in [6.07, 6.45) is 4.51. The highest BCUT2D eigenvalue weighted by Crippen LogP contribution is 2.05. The zero-order valence-corrected chi connectivity index (χ0v) is 19.3. The summed E-state index contributed by atoms with van der Waals surface area (Å²) in [6, 6.07) is 1.15. The highest BCUT2D eigenvalue weighted by atomic mass is 127. The number of hydrogen-bond donors (Lipinski definition) is 2. The minimum absolute atomic E-state index is 0.